The zero-order chi connectivity index (χ0) is 20.5. The van der Waals surface area contributed by atoms with Gasteiger partial charge in [-0.1, -0.05) is 12.1 Å². The highest BCUT2D eigenvalue weighted by Crippen LogP contribution is 2.31. The van der Waals surface area contributed by atoms with E-state index < -0.39 is 27.8 Å². The zero-order valence-corrected chi connectivity index (χ0v) is 16.9. The molecule has 1 aliphatic rings. The lowest BCUT2D eigenvalue weighted by molar-refractivity contribution is -0.124. The first-order valence-corrected chi connectivity index (χ1v) is 10.5. The molecule has 0 saturated carbocycles. The molecule has 2 aromatic rings. The smallest absolute Gasteiger partial charge is 0.264 e. The molecule has 1 heterocycles. The number of anilines is 1. The average Bonchev–Trinajstić information content (AvgIpc) is 3.03. The Morgan fingerprint density at radius 1 is 1.11 bits per heavy atom. The molecule has 1 fully saturated rings. The Hall–Kier alpha value is -2.72. The van der Waals surface area contributed by atoms with E-state index in [2.05, 4.69) is 15.9 Å². The summed E-state index contributed by atoms with van der Waals surface area (Å²) in [5.74, 6) is -2.53. The van der Waals surface area contributed by atoms with Crippen LogP contribution in [0.2, 0.25) is 0 Å². The van der Waals surface area contributed by atoms with Crippen molar-refractivity contribution in [2.45, 2.75) is 11.3 Å². The highest BCUT2D eigenvalue weighted by Gasteiger charge is 2.37. The number of nitrogens with one attached hydrogen (secondary N) is 1. The lowest BCUT2D eigenvalue weighted by Crippen LogP contribution is -2.37. The first-order valence-electron chi connectivity index (χ1n) is 8.20. The normalized spacial score (nSPS) is 16.8. The number of carbonyl (C=O) groups excluding carboxylic acids is 3. The molecule has 2 aromatic carbocycles. The molecule has 10 heteroatoms. The fourth-order valence-electron chi connectivity index (χ4n) is 2.86. The van der Waals surface area contributed by atoms with E-state index >= 15 is 0 Å². The topological polar surface area (TPSA) is 127 Å². The third-order valence-corrected chi connectivity index (χ3v) is 6.36. The largest absolute Gasteiger partial charge is 0.366 e. The van der Waals surface area contributed by atoms with Crippen molar-refractivity contribution in [3.63, 3.8) is 0 Å². The summed E-state index contributed by atoms with van der Waals surface area (Å²) in [5, 5.41) is 0. The summed E-state index contributed by atoms with van der Waals surface area (Å²) >= 11 is 3.36. The summed E-state index contributed by atoms with van der Waals surface area (Å²) in [5.41, 5.74) is 5.89. The lowest BCUT2D eigenvalue weighted by atomic mass is 10.1. The number of amides is 3. The number of halogens is 1. The van der Waals surface area contributed by atoms with Crippen molar-refractivity contribution in [1.82, 2.24) is 4.72 Å². The van der Waals surface area contributed by atoms with E-state index in [-0.39, 0.29) is 29.3 Å². The van der Waals surface area contributed by atoms with E-state index in [1.165, 1.54) is 29.2 Å². The van der Waals surface area contributed by atoms with Crippen LogP contribution in [0.25, 0.3) is 0 Å². The molecule has 0 aromatic heterocycles. The number of para-hydroxylation sites is 1. The van der Waals surface area contributed by atoms with Gasteiger partial charge in [-0.05, 0) is 52.3 Å². The molecule has 3 amide bonds. The Bertz CT molecular complexity index is 1050. The molecule has 28 heavy (non-hydrogen) atoms. The highest BCUT2D eigenvalue weighted by molar-refractivity contribution is 9.10. The number of nitrogens with two attached hydrogens (primary N) is 1. The van der Waals surface area contributed by atoms with Gasteiger partial charge < -0.3 is 10.6 Å². The number of hydrogen-bond donors (Lipinski definition) is 2. The van der Waals surface area contributed by atoms with Gasteiger partial charge >= 0.3 is 0 Å². The van der Waals surface area contributed by atoms with E-state index in [0.717, 1.165) is 0 Å². The van der Waals surface area contributed by atoms with Crippen LogP contribution >= 0.6 is 15.9 Å². The molecule has 1 aliphatic heterocycles. The predicted molar refractivity (Wildman–Crippen MR) is 105 cm³/mol. The fourth-order valence-corrected chi connectivity index (χ4v) is 4.40. The minimum absolute atomic E-state index is 0.0728. The second-order valence-electron chi connectivity index (χ2n) is 6.22. The molecule has 0 bridgehead atoms. The fraction of sp³-hybridized carbons (Fsp3) is 0.167. The van der Waals surface area contributed by atoms with Crippen LogP contribution in [-0.2, 0) is 19.6 Å². The van der Waals surface area contributed by atoms with Crippen LogP contribution in [0.1, 0.15) is 16.8 Å². The molecular weight excluding hydrogens is 450 g/mol. The minimum Gasteiger partial charge on any atom is -0.366 e. The summed E-state index contributed by atoms with van der Waals surface area (Å²) in [7, 11) is -4.14. The van der Waals surface area contributed by atoms with Gasteiger partial charge in [-0.25, -0.2) is 13.1 Å². The van der Waals surface area contributed by atoms with Crippen molar-refractivity contribution >= 4 is 49.4 Å². The second-order valence-corrected chi connectivity index (χ2v) is 8.75. The molecular formula is C18H16BrN3O5S. The van der Waals surface area contributed by atoms with Gasteiger partial charge in [0, 0.05) is 23.0 Å². The maximum Gasteiger partial charge on any atom is 0.264 e. The number of rotatable bonds is 5. The van der Waals surface area contributed by atoms with E-state index in [9.17, 15) is 22.8 Å². The minimum atomic E-state index is -4.14. The molecule has 0 spiro atoms. The van der Waals surface area contributed by atoms with Gasteiger partial charge in [-0.3, -0.25) is 14.4 Å². The maximum absolute atomic E-state index is 12.5. The van der Waals surface area contributed by atoms with E-state index in [4.69, 9.17) is 5.73 Å². The van der Waals surface area contributed by atoms with Crippen molar-refractivity contribution < 1.29 is 22.8 Å². The zero-order valence-electron chi connectivity index (χ0n) is 14.5. The van der Waals surface area contributed by atoms with Gasteiger partial charge in [0.1, 0.15) is 0 Å². The van der Waals surface area contributed by atoms with Crippen LogP contribution in [0.4, 0.5) is 5.69 Å². The van der Waals surface area contributed by atoms with Crippen molar-refractivity contribution in [3.8, 4) is 0 Å². The van der Waals surface area contributed by atoms with Crippen LogP contribution in [0.3, 0.4) is 0 Å². The van der Waals surface area contributed by atoms with Crippen molar-refractivity contribution in [2.24, 2.45) is 11.7 Å². The third kappa shape index (κ3) is 4.07. The van der Waals surface area contributed by atoms with Crippen LogP contribution in [0, 0.1) is 5.92 Å². The van der Waals surface area contributed by atoms with Crippen LogP contribution < -0.4 is 15.4 Å². The second kappa shape index (κ2) is 7.72. The summed E-state index contributed by atoms with van der Waals surface area (Å²) in [6.45, 7) is 0.0728. The predicted octanol–water partition coefficient (Wildman–Crippen LogP) is 1.41. The Kier molecular flexibility index (Phi) is 5.52. The van der Waals surface area contributed by atoms with Gasteiger partial charge in [0.15, 0.2) is 0 Å². The summed E-state index contributed by atoms with van der Waals surface area (Å²) in [6.07, 6.45) is -0.0939. The first kappa shape index (κ1) is 20.0. The number of nitrogens with zero attached hydrogens (tertiary/aromatic N) is 1. The lowest BCUT2D eigenvalue weighted by Gasteiger charge is -2.18. The quantitative estimate of drug-likeness (QED) is 0.689. The number of sulfonamides is 1. The number of carbonyl (C=O) groups is 3. The van der Waals surface area contributed by atoms with Crippen LogP contribution in [0.15, 0.2) is 57.9 Å². The van der Waals surface area contributed by atoms with E-state index in [1.54, 1.807) is 24.3 Å². The molecule has 3 N–H and O–H groups in total. The van der Waals surface area contributed by atoms with Crippen LogP contribution in [0.5, 0.6) is 0 Å². The molecule has 1 saturated heterocycles. The molecule has 0 radical (unpaired) electrons. The van der Waals surface area contributed by atoms with E-state index in [1.807, 2.05) is 4.72 Å². The summed E-state index contributed by atoms with van der Waals surface area (Å²) < 4.78 is 27.5. The summed E-state index contributed by atoms with van der Waals surface area (Å²) in [6, 6.07) is 12.0. The Labute approximate surface area is 169 Å². The standard InChI is InChI=1S/C18H16BrN3O5S/c19-14-3-1-2-4-15(14)22-10-12(9-16(22)23)18(25)21-28(26,27)13-7-5-11(6-8-13)17(20)24/h1-8,12H,9-10H2,(H2,20,24)(H,21,25). The van der Waals surface area contributed by atoms with Gasteiger partial charge in [0.2, 0.25) is 17.7 Å². The van der Waals surface area contributed by atoms with Crippen molar-refractivity contribution in [2.75, 3.05) is 11.4 Å². The average molecular weight is 466 g/mol. The Balaban J connectivity index is 1.73. The molecule has 1 atom stereocenters. The van der Waals surface area contributed by atoms with Crippen LogP contribution in [-0.4, -0.2) is 32.7 Å². The number of hydrogen-bond acceptors (Lipinski definition) is 5. The van der Waals surface area contributed by atoms with Gasteiger partial charge in [-0.2, -0.15) is 0 Å². The summed E-state index contributed by atoms with van der Waals surface area (Å²) in [4.78, 5) is 37.1. The van der Waals surface area contributed by atoms with Crippen molar-refractivity contribution in [3.05, 3.63) is 58.6 Å². The molecule has 3 rings (SSSR count). The molecule has 8 nitrogen and oxygen atoms in total. The Morgan fingerprint density at radius 2 is 1.75 bits per heavy atom. The van der Waals surface area contributed by atoms with Gasteiger partial charge in [0.25, 0.3) is 10.0 Å². The first-order chi connectivity index (χ1) is 13.2. The number of primary amides is 1. The van der Waals surface area contributed by atoms with Gasteiger partial charge in [-0.15, -0.1) is 0 Å². The molecule has 146 valence electrons. The van der Waals surface area contributed by atoms with E-state index in [0.29, 0.717) is 10.2 Å². The highest BCUT2D eigenvalue weighted by atomic mass is 79.9. The molecule has 0 aliphatic carbocycles. The number of benzene rings is 2. The van der Waals surface area contributed by atoms with Gasteiger partial charge in [0.05, 0.1) is 16.5 Å². The SMILES string of the molecule is NC(=O)c1ccc(S(=O)(=O)NC(=O)C2CC(=O)N(c3ccccc3Br)C2)cc1. The third-order valence-electron chi connectivity index (χ3n) is 4.32. The maximum atomic E-state index is 12.5. The van der Waals surface area contributed by atoms with Crippen molar-refractivity contribution in [1.29, 1.82) is 0 Å². The molecule has 1 unspecified atom stereocenters. The monoisotopic (exact) mass is 465 g/mol. The Morgan fingerprint density at radius 3 is 2.36 bits per heavy atom.